The molecule has 2 aromatic rings. The summed E-state index contributed by atoms with van der Waals surface area (Å²) in [6.07, 6.45) is 6.65. The molecule has 1 aromatic carbocycles. The number of hydrogen-bond acceptors (Lipinski definition) is 5. The number of carbonyl (C=O) groups is 3. The van der Waals surface area contributed by atoms with Crippen LogP contribution in [0, 0.1) is 0 Å². The van der Waals surface area contributed by atoms with Crippen LogP contribution in [0.4, 0.5) is 0 Å². The second-order valence-electron chi connectivity index (χ2n) is 9.85. The maximum Gasteiger partial charge on any atom is 0.286 e. The Kier molecular flexibility index (Phi) is 8.80. The Morgan fingerprint density at radius 1 is 1.08 bits per heavy atom. The van der Waals surface area contributed by atoms with Gasteiger partial charge in [0, 0.05) is 32.7 Å². The van der Waals surface area contributed by atoms with Crippen molar-refractivity contribution in [2.45, 2.75) is 63.5 Å². The normalized spacial score (nSPS) is 19.9. The second kappa shape index (κ2) is 12.2. The van der Waals surface area contributed by atoms with Crippen LogP contribution in [-0.2, 0) is 16.0 Å². The maximum atomic E-state index is 13.5. The van der Waals surface area contributed by atoms with Gasteiger partial charge >= 0.3 is 0 Å². The number of unbranched alkanes of at least 4 members (excludes halogenated alkanes) is 1. The molecule has 2 aliphatic heterocycles. The SMILES string of the molecule is CCCN1C(=O)[C@H](CCCCNC(=O)c2ccco2)NC(=O)C12CCN(CCc1ccccc1)CC2. The van der Waals surface area contributed by atoms with Crippen LogP contribution in [0.5, 0.6) is 0 Å². The number of piperazine rings is 1. The molecule has 0 saturated carbocycles. The molecule has 36 heavy (non-hydrogen) atoms. The Morgan fingerprint density at radius 2 is 1.86 bits per heavy atom. The van der Waals surface area contributed by atoms with E-state index in [0.717, 1.165) is 45.3 Å². The minimum absolute atomic E-state index is 0.00520. The van der Waals surface area contributed by atoms with Crippen LogP contribution in [-0.4, -0.2) is 71.8 Å². The van der Waals surface area contributed by atoms with Gasteiger partial charge in [0.1, 0.15) is 11.6 Å². The molecule has 1 spiro atoms. The first-order valence-corrected chi connectivity index (χ1v) is 13.2. The van der Waals surface area contributed by atoms with Gasteiger partial charge in [0.05, 0.1) is 6.26 Å². The van der Waals surface area contributed by atoms with Gasteiger partial charge < -0.3 is 24.9 Å². The van der Waals surface area contributed by atoms with Crippen molar-refractivity contribution in [1.82, 2.24) is 20.4 Å². The standard InChI is InChI=1S/C28H38N4O4/c1-2-17-32-26(34)23(11-6-7-16-29-25(33)24-12-8-21-36-24)30-27(35)28(32)14-19-31(20-15-28)18-13-22-9-4-3-5-10-22/h3-5,8-10,12,21,23H,2,6-7,11,13-20H2,1H3,(H,29,33)(H,30,35)/t23-/m0/s1. The van der Waals surface area contributed by atoms with E-state index in [4.69, 9.17) is 4.42 Å². The molecule has 1 aromatic heterocycles. The fourth-order valence-corrected chi connectivity index (χ4v) is 5.37. The van der Waals surface area contributed by atoms with Crippen LogP contribution in [0.1, 0.15) is 61.6 Å². The molecular weight excluding hydrogens is 456 g/mol. The zero-order valence-electron chi connectivity index (χ0n) is 21.2. The second-order valence-corrected chi connectivity index (χ2v) is 9.85. The van der Waals surface area contributed by atoms with Crippen LogP contribution in [0.15, 0.2) is 53.1 Å². The quantitative estimate of drug-likeness (QED) is 0.469. The van der Waals surface area contributed by atoms with Crippen molar-refractivity contribution < 1.29 is 18.8 Å². The smallest absolute Gasteiger partial charge is 0.286 e. The monoisotopic (exact) mass is 494 g/mol. The Labute approximate surface area is 213 Å². The fourth-order valence-electron chi connectivity index (χ4n) is 5.37. The van der Waals surface area contributed by atoms with Crippen LogP contribution in [0.25, 0.3) is 0 Å². The van der Waals surface area contributed by atoms with E-state index in [1.807, 2.05) is 11.0 Å². The largest absolute Gasteiger partial charge is 0.459 e. The highest BCUT2D eigenvalue weighted by molar-refractivity contribution is 6.00. The van der Waals surface area contributed by atoms with E-state index >= 15 is 0 Å². The summed E-state index contributed by atoms with van der Waals surface area (Å²) >= 11 is 0. The number of carbonyl (C=O) groups excluding carboxylic acids is 3. The fraction of sp³-hybridized carbons (Fsp3) is 0.536. The number of rotatable bonds is 11. The summed E-state index contributed by atoms with van der Waals surface area (Å²) in [6, 6.07) is 13.3. The van der Waals surface area contributed by atoms with Gasteiger partial charge in [-0.3, -0.25) is 14.4 Å². The average molecular weight is 495 g/mol. The van der Waals surface area contributed by atoms with E-state index in [2.05, 4.69) is 46.7 Å². The van der Waals surface area contributed by atoms with Gasteiger partial charge in [-0.2, -0.15) is 0 Å². The molecule has 2 saturated heterocycles. The van der Waals surface area contributed by atoms with Gasteiger partial charge in [-0.25, -0.2) is 0 Å². The lowest BCUT2D eigenvalue weighted by atomic mass is 9.81. The number of furan rings is 1. The molecule has 0 radical (unpaired) electrons. The summed E-state index contributed by atoms with van der Waals surface area (Å²) in [6.45, 7) is 5.74. The number of piperidine rings is 1. The lowest BCUT2D eigenvalue weighted by Crippen LogP contribution is -2.72. The van der Waals surface area contributed by atoms with Crippen molar-refractivity contribution >= 4 is 17.7 Å². The minimum atomic E-state index is -0.732. The van der Waals surface area contributed by atoms with E-state index in [-0.39, 0.29) is 23.5 Å². The van der Waals surface area contributed by atoms with Crippen molar-refractivity contribution in [2.24, 2.45) is 0 Å². The van der Waals surface area contributed by atoms with Crippen molar-refractivity contribution in [3.8, 4) is 0 Å². The van der Waals surface area contributed by atoms with Crippen molar-refractivity contribution in [3.63, 3.8) is 0 Å². The van der Waals surface area contributed by atoms with Gasteiger partial charge in [-0.15, -0.1) is 0 Å². The van der Waals surface area contributed by atoms with E-state index in [0.29, 0.717) is 32.4 Å². The molecule has 3 amide bonds. The summed E-state index contributed by atoms with van der Waals surface area (Å²) in [5.74, 6) is 0.0766. The van der Waals surface area contributed by atoms with E-state index in [9.17, 15) is 14.4 Å². The molecule has 2 aliphatic rings. The predicted octanol–water partition coefficient (Wildman–Crippen LogP) is 2.99. The molecule has 4 rings (SSSR count). The third kappa shape index (κ3) is 5.98. The Bertz CT molecular complexity index is 1000. The highest BCUT2D eigenvalue weighted by Crippen LogP contribution is 2.34. The summed E-state index contributed by atoms with van der Waals surface area (Å²) in [7, 11) is 0. The zero-order valence-corrected chi connectivity index (χ0v) is 21.2. The first-order chi connectivity index (χ1) is 17.5. The van der Waals surface area contributed by atoms with Crippen LogP contribution < -0.4 is 10.6 Å². The van der Waals surface area contributed by atoms with Gasteiger partial charge in [0.25, 0.3) is 5.91 Å². The van der Waals surface area contributed by atoms with E-state index in [1.54, 1.807) is 12.1 Å². The molecule has 8 heteroatoms. The number of benzene rings is 1. The van der Waals surface area contributed by atoms with Crippen LogP contribution in [0.2, 0.25) is 0 Å². The number of likely N-dealkylation sites (tertiary alicyclic amines) is 1. The average Bonchev–Trinajstić information content (AvgIpc) is 3.45. The lowest BCUT2D eigenvalue weighted by molar-refractivity contribution is -0.161. The molecule has 3 heterocycles. The summed E-state index contributed by atoms with van der Waals surface area (Å²) < 4.78 is 5.09. The molecule has 8 nitrogen and oxygen atoms in total. The van der Waals surface area contributed by atoms with Crippen LogP contribution >= 0.6 is 0 Å². The third-order valence-corrected chi connectivity index (χ3v) is 7.45. The zero-order chi connectivity index (χ0) is 25.4. The molecule has 2 fully saturated rings. The van der Waals surface area contributed by atoms with Gasteiger partial charge in [-0.05, 0) is 62.6 Å². The molecule has 2 N–H and O–H groups in total. The Morgan fingerprint density at radius 3 is 2.56 bits per heavy atom. The number of nitrogens with zero attached hydrogens (tertiary/aromatic N) is 2. The Balaban J connectivity index is 1.27. The first kappa shape index (κ1) is 25.9. The Hall–Kier alpha value is -3.13. The van der Waals surface area contributed by atoms with Crippen molar-refractivity contribution in [3.05, 3.63) is 60.1 Å². The molecular formula is C28H38N4O4. The molecule has 0 unspecified atom stereocenters. The third-order valence-electron chi connectivity index (χ3n) is 7.45. The number of nitrogens with one attached hydrogen (secondary N) is 2. The van der Waals surface area contributed by atoms with Gasteiger partial charge in [-0.1, -0.05) is 37.3 Å². The summed E-state index contributed by atoms with van der Waals surface area (Å²) in [5, 5.41) is 5.88. The summed E-state index contributed by atoms with van der Waals surface area (Å²) in [4.78, 5) is 43.1. The molecule has 0 bridgehead atoms. The lowest BCUT2D eigenvalue weighted by Gasteiger charge is -2.51. The van der Waals surface area contributed by atoms with Gasteiger partial charge in [0.2, 0.25) is 11.8 Å². The predicted molar refractivity (Wildman–Crippen MR) is 137 cm³/mol. The summed E-state index contributed by atoms with van der Waals surface area (Å²) in [5.41, 5.74) is 0.587. The van der Waals surface area contributed by atoms with Crippen molar-refractivity contribution in [2.75, 3.05) is 32.7 Å². The minimum Gasteiger partial charge on any atom is -0.459 e. The van der Waals surface area contributed by atoms with Crippen molar-refractivity contribution in [1.29, 1.82) is 0 Å². The first-order valence-electron chi connectivity index (χ1n) is 13.2. The van der Waals surface area contributed by atoms with E-state index < -0.39 is 11.6 Å². The van der Waals surface area contributed by atoms with Crippen LogP contribution in [0.3, 0.4) is 0 Å². The molecule has 194 valence electrons. The number of amides is 3. The highest BCUT2D eigenvalue weighted by Gasteiger charge is 2.52. The number of hydrogen-bond donors (Lipinski definition) is 2. The highest BCUT2D eigenvalue weighted by atomic mass is 16.3. The topological polar surface area (TPSA) is 94.9 Å². The molecule has 1 atom stereocenters. The maximum absolute atomic E-state index is 13.5. The van der Waals surface area contributed by atoms with Gasteiger partial charge in [0.15, 0.2) is 5.76 Å². The molecule has 0 aliphatic carbocycles. The van der Waals surface area contributed by atoms with E-state index in [1.165, 1.54) is 11.8 Å².